The molecule has 0 spiro atoms. The SMILES string of the molecule is COc1ccc(OC)c(C2CCCN2C(=O)CSc2ccc(F)cc2F)c1. The first kappa shape index (κ1) is 19.5. The smallest absolute Gasteiger partial charge is 0.233 e. The number of ether oxygens (including phenoxy) is 2. The van der Waals surface area contributed by atoms with E-state index in [1.165, 1.54) is 12.1 Å². The van der Waals surface area contributed by atoms with Gasteiger partial charge in [-0.3, -0.25) is 4.79 Å². The van der Waals surface area contributed by atoms with Gasteiger partial charge in [-0.1, -0.05) is 0 Å². The fraction of sp³-hybridized carbons (Fsp3) is 0.350. The molecule has 1 saturated heterocycles. The van der Waals surface area contributed by atoms with Gasteiger partial charge in [-0.05, 0) is 43.2 Å². The topological polar surface area (TPSA) is 38.8 Å². The van der Waals surface area contributed by atoms with Crippen molar-refractivity contribution >= 4 is 17.7 Å². The first-order chi connectivity index (χ1) is 13.0. The van der Waals surface area contributed by atoms with Crippen molar-refractivity contribution in [1.29, 1.82) is 0 Å². The van der Waals surface area contributed by atoms with Crippen LogP contribution in [0.4, 0.5) is 8.78 Å². The van der Waals surface area contributed by atoms with E-state index in [1.54, 1.807) is 19.1 Å². The number of thioether (sulfide) groups is 1. The third-order valence-corrected chi connectivity index (χ3v) is 5.65. The van der Waals surface area contributed by atoms with Crippen molar-refractivity contribution in [2.45, 2.75) is 23.8 Å². The van der Waals surface area contributed by atoms with Crippen molar-refractivity contribution in [3.63, 3.8) is 0 Å². The van der Waals surface area contributed by atoms with Gasteiger partial charge in [0, 0.05) is 23.1 Å². The van der Waals surface area contributed by atoms with E-state index in [2.05, 4.69) is 0 Å². The third-order valence-electron chi connectivity index (χ3n) is 4.61. The second kappa shape index (κ2) is 8.61. The first-order valence-electron chi connectivity index (χ1n) is 8.62. The van der Waals surface area contributed by atoms with Crippen LogP contribution in [0.1, 0.15) is 24.4 Å². The van der Waals surface area contributed by atoms with Gasteiger partial charge in [-0.25, -0.2) is 8.78 Å². The van der Waals surface area contributed by atoms with Gasteiger partial charge in [0.2, 0.25) is 5.91 Å². The van der Waals surface area contributed by atoms with E-state index in [0.717, 1.165) is 36.2 Å². The quantitative estimate of drug-likeness (QED) is 0.681. The highest BCUT2D eigenvalue weighted by Gasteiger charge is 2.32. The summed E-state index contributed by atoms with van der Waals surface area (Å²) < 4.78 is 37.6. The van der Waals surface area contributed by atoms with Crippen LogP contribution in [0.2, 0.25) is 0 Å². The molecule has 1 fully saturated rings. The normalized spacial score (nSPS) is 16.4. The van der Waals surface area contributed by atoms with Crippen molar-refractivity contribution in [3.8, 4) is 11.5 Å². The Bertz CT molecular complexity index is 831. The van der Waals surface area contributed by atoms with Crippen LogP contribution in [0, 0.1) is 11.6 Å². The van der Waals surface area contributed by atoms with Gasteiger partial charge in [-0.2, -0.15) is 0 Å². The molecular formula is C20H21F2NO3S. The second-order valence-corrected chi connectivity index (χ2v) is 7.23. The molecule has 0 aromatic heterocycles. The summed E-state index contributed by atoms with van der Waals surface area (Å²) >= 11 is 1.08. The second-order valence-electron chi connectivity index (χ2n) is 6.22. The highest BCUT2D eigenvalue weighted by atomic mass is 32.2. The zero-order valence-corrected chi connectivity index (χ0v) is 16.0. The standard InChI is InChI=1S/C20H21F2NO3S/c1-25-14-6-7-18(26-2)15(11-14)17-4-3-9-23(17)20(24)12-27-19-8-5-13(21)10-16(19)22/h5-8,10-11,17H,3-4,9,12H2,1-2H3. The molecule has 0 N–H and O–H groups in total. The van der Waals surface area contributed by atoms with Crippen LogP contribution in [0.5, 0.6) is 11.5 Å². The number of hydrogen-bond donors (Lipinski definition) is 0. The van der Waals surface area contributed by atoms with Gasteiger partial charge in [0.05, 0.1) is 26.0 Å². The minimum Gasteiger partial charge on any atom is -0.497 e. The maximum Gasteiger partial charge on any atom is 0.233 e. The third kappa shape index (κ3) is 4.35. The minimum atomic E-state index is -0.653. The van der Waals surface area contributed by atoms with Crippen molar-refractivity contribution in [1.82, 2.24) is 4.90 Å². The lowest BCUT2D eigenvalue weighted by Gasteiger charge is -2.26. The molecule has 27 heavy (non-hydrogen) atoms. The molecule has 1 atom stereocenters. The highest BCUT2D eigenvalue weighted by molar-refractivity contribution is 8.00. The molecule has 0 radical (unpaired) electrons. The molecule has 7 heteroatoms. The van der Waals surface area contributed by atoms with E-state index in [4.69, 9.17) is 9.47 Å². The number of nitrogens with zero attached hydrogens (tertiary/aromatic N) is 1. The summed E-state index contributed by atoms with van der Waals surface area (Å²) in [7, 11) is 3.19. The predicted molar refractivity (Wildman–Crippen MR) is 100 cm³/mol. The number of halogens is 2. The Labute approximate surface area is 161 Å². The monoisotopic (exact) mass is 393 g/mol. The van der Waals surface area contributed by atoms with Crippen molar-refractivity contribution in [3.05, 3.63) is 53.6 Å². The van der Waals surface area contributed by atoms with Crippen LogP contribution in [0.15, 0.2) is 41.3 Å². The molecule has 144 valence electrons. The zero-order chi connectivity index (χ0) is 19.4. The Morgan fingerprint density at radius 1 is 1.19 bits per heavy atom. The summed E-state index contributed by atoms with van der Waals surface area (Å²) in [6.45, 7) is 0.635. The molecule has 2 aromatic rings. The van der Waals surface area contributed by atoms with Gasteiger partial charge in [0.25, 0.3) is 0 Å². The molecule has 0 saturated carbocycles. The number of likely N-dealkylation sites (tertiary alicyclic amines) is 1. The molecule has 1 amide bonds. The van der Waals surface area contributed by atoms with E-state index >= 15 is 0 Å². The molecule has 1 unspecified atom stereocenters. The Morgan fingerprint density at radius 2 is 2.00 bits per heavy atom. The van der Waals surface area contributed by atoms with Gasteiger partial charge in [0.15, 0.2) is 0 Å². The van der Waals surface area contributed by atoms with E-state index < -0.39 is 11.6 Å². The summed E-state index contributed by atoms with van der Waals surface area (Å²) in [5.41, 5.74) is 0.903. The number of rotatable bonds is 6. The lowest BCUT2D eigenvalue weighted by Crippen LogP contribution is -2.32. The molecule has 0 aliphatic carbocycles. The van der Waals surface area contributed by atoms with Gasteiger partial charge < -0.3 is 14.4 Å². The summed E-state index contributed by atoms with van der Waals surface area (Å²) in [5.74, 6) is 0.126. The number of benzene rings is 2. The van der Waals surface area contributed by atoms with Crippen LogP contribution in [-0.4, -0.2) is 37.3 Å². The van der Waals surface area contributed by atoms with Crippen LogP contribution in [-0.2, 0) is 4.79 Å². The van der Waals surface area contributed by atoms with E-state index in [-0.39, 0.29) is 22.6 Å². The summed E-state index contributed by atoms with van der Waals surface area (Å²) in [5, 5.41) is 0. The van der Waals surface area contributed by atoms with Crippen LogP contribution in [0.25, 0.3) is 0 Å². The number of carbonyl (C=O) groups excluding carboxylic acids is 1. The molecule has 2 aromatic carbocycles. The molecule has 1 aliphatic heterocycles. The number of methoxy groups -OCH3 is 2. The average Bonchev–Trinajstić information content (AvgIpc) is 3.16. The maximum absolute atomic E-state index is 13.8. The summed E-state index contributed by atoms with van der Waals surface area (Å²) in [6, 6.07) is 8.80. The summed E-state index contributed by atoms with van der Waals surface area (Å²) in [4.78, 5) is 14.8. The molecule has 4 nitrogen and oxygen atoms in total. The number of amides is 1. The molecule has 3 rings (SSSR count). The Morgan fingerprint density at radius 3 is 2.70 bits per heavy atom. The number of carbonyl (C=O) groups is 1. The number of hydrogen-bond acceptors (Lipinski definition) is 4. The molecule has 0 bridgehead atoms. The highest BCUT2D eigenvalue weighted by Crippen LogP contribution is 2.39. The fourth-order valence-electron chi connectivity index (χ4n) is 3.30. The fourth-order valence-corrected chi connectivity index (χ4v) is 4.11. The van der Waals surface area contributed by atoms with Gasteiger partial charge in [-0.15, -0.1) is 11.8 Å². The maximum atomic E-state index is 13.8. The Balaban J connectivity index is 1.75. The molecule has 1 aliphatic rings. The summed E-state index contributed by atoms with van der Waals surface area (Å²) in [6.07, 6.45) is 1.71. The Kier molecular flexibility index (Phi) is 6.21. The van der Waals surface area contributed by atoms with Crippen LogP contribution in [0.3, 0.4) is 0 Å². The van der Waals surface area contributed by atoms with Crippen molar-refractivity contribution in [2.75, 3.05) is 26.5 Å². The average molecular weight is 393 g/mol. The minimum absolute atomic E-state index is 0.0869. The molecular weight excluding hydrogens is 372 g/mol. The van der Waals surface area contributed by atoms with E-state index in [0.29, 0.717) is 18.0 Å². The van der Waals surface area contributed by atoms with Crippen LogP contribution >= 0.6 is 11.8 Å². The van der Waals surface area contributed by atoms with Crippen molar-refractivity contribution in [2.24, 2.45) is 0 Å². The lowest BCUT2D eigenvalue weighted by molar-refractivity contribution is -0.129. The van der Waals surface area contributed by atoms with E-state index in [9.17, 15) is 13.6 Å². The van der Waals surface area contributed by atoms with Gasteiger partial charge in [0.1, 0.15) is 23.1 Å². The van der Waals surface area contributed by atoms with Crippen molar-refractivity contribution < 1.29 is 23.0 Å². The Hall–Kier alpha value is -2.28. The van der Waals surface area contributed by atoms with Gasteiger partial charge >= 0.3 is 0 Å². The lowest BCUT2D eigenvalue weighted by atomic mass is 10.0. The predicted octanol–water partition coefficient (Wildman–Crippen LogP) is 4.44. The zero-order valence-electron chi connectivity index (χ0n) is 15.2. The molecule has 1 heterocycles. The van der Waals surface area contributed by atoms with E-state index in [1.807, 2.05) is 18.2 Å². The first-order valence-corrected chi connectivity index (χ1v) is 9.61. The van der Waals surface area contributed by atoms with Crippen LogP contribution < -0.4 is 9.47 Å². The largest absolute Gasteiger partial charge is 0.497 e.